The van der Waals surface area contributed by atoms with E-state index in [1.807, 2.05) is 54.6 Å². The highest BCUT2D eigenvalue weighted by Crippen LogP contribution is 2.28. The van der Waals surface area contributed by atoms with Gasteiger partial charge >= 0.3 is 0 Å². The average molecular weight is 423 g/mol. The molecule has 1 aliphatic rings. The molecule has 6 nitrogen and oxygen atoms in total. The number of aromatic nitrogens is 2. The zero-order chi connectivity index (χ0) is 20.9. The van der Waals surface area contributed by atoms with Crippen LogP contribution in [0.2, 0.25) is 5.02 Å². The Balaban J connectivity index is 1.67. The standard InChI is InChI=1S/C23H23ClN4O2/c1-30-19-9-7-16(8-10-19)20-14-21(17-5-4-6-18(24)13-17)26-23(25-20)27-22(29)15-28-11-2-3-12-28/h4-10,13-14H,2-3,11-12,15H2,1H3,(H,25,26,27,29). The summed E-state index contributed by atoms with van der Waals surface area (Å²) in [5.74, 6) is 0.935. The van der Waals surface area contributed by atoms with Gasteiger partial charge in [0, 0.05) is 16.1 Å². The first-order chi connectivity index (χ1) is 14.6. The molecule has 1 aliphatic heterocycles. The molecular weight excluding hydrogens is 400 g/mol. The van der Waals surface area contributed by atoms with E-state index in [1.165, 1.54) is 0 Å². The number of likely N-dealkylation sites (tertiary alicyclic amines) is 1. The number of ether oxygens (including phenoxy) is 1. The fourth-order valence-electron chi connectivity index (χ4n) is 3.52. The van der Waals surface area contributed by atoms with Crippen molar-refractivity contribution in [2.75, 3.05) is 32.1 Å². The maximum atomic E-state index is 12.5. The lowest BCUT2D eigenvalue weighted by Gasteiger charge is -2.14. The Morgan fingerprint density at radius 1 is 1.03 bits per heavy atom. The molecule has 3 aromatic rings. The topological polar surface area (TPSA) is 67.3 Å². The highest BCUT2D eigenvalue weighted by atomic mass is 35.5. The van der Waals surface area contributed by atoms with Crippen molar-refractivity contribution >= 4 is 23.5 Å². The predicted molar refractivity (Wildman–Crippen MR) is 119 cm³/mol. The first kappa shape index (κ1) is 20.3. The smallest absolute Gasteiger partial charge is 0.240 e. The molecule has 2 aromatic carbocycles. The average Bonchev–Trinajstić information content (AvgIpc) is 3.26. The Kier molecular flexibility index (Phi) is 6.26. The fourth-order valence-corrected chi connectivity index (χ4v) is 3.71. The lowest BCUT2D eigenvalue weighted by molar-refractivity contribution is -0.117. The van der Waals surface area contributed by atoms with Gasteiger partial charge in [-0.1, -0.05) is 23.7 Å². The zero-order valence-corrected chi connectivity index (χ0v) is 17.5. The molecule has 1 N–H and O–H groups in total. The second-order valence-corrected chi connectivity index (χ2v) is 7.67. The van der Waals surface area contributed by atoms with Gasteiger partial charge in [-0.15, -0.1) is 0 Å². The van der Waals surface area contributed by atoms with Gasteiger partial charge < -0.3 is 4.74 Å². The minimum atomic E-state index is -0.110. The number of nitrogens with one attached hydrogen (secondary N) is 1. The van der Waals surface area contributed by atoms with Crippen LogP contribution < -0.4 is 10.1 Å². The number of halogens is 1. The SMILES string of the molecule is COc1ccc(-c2cc(-c3cccc(Cl)c3)nc(NC(=O)CN3CCCC3)n2)cc1. The number of carbonyl (C=O) groups excluding carboxylic acids is 1. The second-order valence-electron chi connectivity index (χ2n) is 7.23. The third-order valence-corrected chi connectivity index (χ3v) is 5.28. The number of methoxy groups -OCH3 is 1. The van der Waals surface area contributed by atoms with Crippen molar-refractivity contribution in [2.45, 2.75) is 12.8 Å². The number of benzene rings is 2. The van der Waals surface area contributed by atoms with Gasteiger partial charge in [0.2, 0.25) is 11.9 Å². The predicted octanol–water partition coefficient (Wildman–Crippen LogP) is 4.51. The quantitative estimate of drug-likeness (QED) is 0.633. The van der Waals surface area contributed by atoms with E-state index in [-0.39, 0.29) is 11.9 Å². The van der Waals surface area contributed by atoms with Gasteiger partial charge in [0.05, 0.1) is 25.0 Å². The van der Waals surface area contributed by atoms with Crippen LogP contribution in [0.4, 0.5) is 5.95 Å². The molecule has 0 aliphatic carbocycles. The molecule has 1 aromatic heterocycles. The van der Waals surface area contributed by atoms with Crippen LogP contribution in [0.15, 0.2) is 54.6 Å². The van der Waals surface area contributed by atoms with Crippen LogP contribution in [0.25, 0.3) is 22.5 Å². The van der Waals surface area contributed by atoms with Crippen molar-refractivity contribution in [3.8, 4) is 28.3 Å². The van der Waals surface area contributed by atoms with Gasteiger partial charge in [0.15, 0.2) is 0 Å². The molecule has 4 rings (SSSR count). The molecule has 2 heterocycles. The maximum absolute atomic E-state index is 12.5. The van der Waals surface area contributed by atoms with E-state index in [1.54, 1.807) is 7.11 Å². The van der Waals surface area contributed by atoms with Crippen molar-refractivity contribution in [1.29, 1.82) is 0 Å². The van der Waals surface area contributed by atoms with Crippen LogP contribution >= 0.6 is 11.6 Å². The van der Waals surface area contributed by atoms with Gasteiger partial charge in [0.25, 0.3) is 0 Å². The third kappa shape index (κ3) is 4.96. The summed E-state index contributed by atoms with van der Waals surface area (Å²) in [4.78, 5) is 23.8. The van der Waals surface area contributed by atoms with Crippen molar-refractivity contribution in [1.82, 2.24) is 14.9 Å². The van der Waals surface area contributed by atoms with Gasteiger partial charge in [-0.3, -0.25) is 15.0 Å². The van der Waals surface area contributed by atoms with E-state index >= 15 is 0 Å². The number of nitrogens with zero attached hydrogens (tertiary/aromatic N) is 3. The Bertz CT molecular complexity index is 1030. The molecule has 154 valence electrons. The highest BCUT2D eigenvalue weighted by molar-refractivity contribution is 6.30. The van der Waals surface area contributed by atoms with Crippen molar-refractivity contribution < 1.29 is 9.53 Å². The van der Waals surface area contributed by atoms with Gasteiger partial charge in [-0.2, -0.15) is 0 Å². The Labute approximate surface area is 180 Å². The molecule has 1 fully saturated rings. The number of amides is 1. The van der Waals surface area contributed by atoms with Crippen molar-refractivity contribution in [2.24, 2.45) is 0 Å². The molecule has 30 heavy (non-hydrogen) atoms. The van der Waals surface area contributed by atoms with E-state index in [0.717, 1.165) is 42.8 Å². The van der Waals surface area contributed by atoms with Gasteiger partial charge in [0.1, 0.15) is 5.75 Å². The Hall–Kier alpha value is -2.96. The van der Waals surface area contributed by atoms with E-state index in [9.17, 15) is 4.79 Å². The number of hydrogen-bond donors (Lipinski definition) is 1. The number of carbonyl (C=O) groups is 1. The summed E-state index contributed by atoms with van der Waals surface area (Å²) < 4.78 is 5.24. The fraction of sp³-hybridized carbons (Fsp3) is 0.261. The summed E-state index contributed by atoms with van der Waals surface area (Å²) >= 11 is 6.17. The molecule has 0 radical (unpaired) electrons. The minimum absolute atomic E-state index is 0.110. The van der Waals surface area contributed by atoms with E-state index in [0.29, 0.717) is 23.0 Å². The van der Waals surface area contributed by atoms with Crippen LogP contribution in [0.3, 0.4) is 0 Å². The molecule has 0 atom stereocenters. The first-order valence-corrected chi connectivity index (χ1v) is 10.3. The van der Waals surface area contributed by atoms with Crippen LogP contribution in [-0.4, -0.2) is 47.5 Å². The molecule has 7 heteroatoms. The lowest BCUT2D eigenvalue weighted by atomic mass is 10.1. The zero-order valence-electron chi connectivity index (χ0n) is 16.8. The summed E-state index contributed by atoms with van der Waals surface area (Å²) in [7, 11) is 1.63. The molecule has 0 unspecified atom stereocenters. The Morgan fingerprint density at radius 2 is 1.73 bits per heavy atom. The van der Waals surface area contributed by atoms with E-state index in [2.05, 4.69) is 20.2 Å². The molecule has 1 amide bonds. The molecule has 1 saturated heterocycles. The van der Waals surface area contributed by atoms with Crippen molar-refractivity contribution in [3.63, 3.8) is 0 Å². The van der Waals surface area contributed by atoms with Gasteiger partial charge in [-0.25, -0.2) is 9.97 Å². The van der Waals surface area contributed by atoms with Crippen molar-refractivity contribution in [3.05, 3.63) is 59.6 Å². The second kappa shape index (κ2) is 9.24. The number of rotatable bonds is 6. The summed E-state index contributed by atoms with van der Waals surface area (Å²) in [5.41, 5.74) is 3.15. The summed E-state index contributed by atoms with van der Waals surface area (Å²) in [6.45, 7) is 2.25. The summed E-state index contributed by atoms with van der Waals surface area (Å²) in [5, 5.41) is 3.49. The molecular formula is C23H23ClN4O2. The van der Waals surface area contributed by atoms with E-state index in [4.69, 9.17) is 16.3 Å². The number of hydrogen-bond acceptors (Lipinski definition) is 5. The monoisotopic (exact) mass is 422 g/mol. The summed E-state index contributed by atoms with van der Waals surface area (Å²) in [6, 6.07) is 17.0. The van der Waals surface area contributed by atoms with Gasteiger partial charge in [-0.05, 0) is 68.4 Å². The van der Waals surface area contributed by atoms with Crippen LogP contribution in [-0.2, 0) is 4.79 Å². The molecule has 0 spiro atoms. The highest BCUT2D eigenvalue weighted by Gasteiger charge is 2.17. The Morgan fingerprint density at radius 3 is 2.40 bits per heavy atom. The first-order valence-electron chi connectivity index (χ1n) is 9.92. The molecule has 0 bridgehead atoms. The number of anilines is 1. The third-order valence-electron chi connectivity index (χ3n) is 5.05. The largest absolute Gasteiger partial charge is 0.497 e. The van der Waals surface area contributed by atoms with E-state index < -0.39 is 0 Å². The van der Waals surface area contributed by atoms with Crippen LogP contribution in [0.5, 0.6) is 5.75 Å². The molecule has 0 saturated carbocycles. The van der Waals surface area contributed by atoms with Crippen LogP contribution in [0, 0.1) is 0 Å². The van der Waals surface area contributed by atoms with Crippen LogP contribution in [0.1, 0.15) is 12.8 Å². The lowest BCUT2D eigenvalue weighted by Crippen LogP contribution is -2.31. The normalized spacial score (nSPS) is 13.9. The minimum Gasteiger partial charge on any atom is -0.497 e. The summed E-state index contributed by atoms with van der Waals surface area (Å²) in [6.07, 6.45) is 2.27. The maximum Gasteiger partial charge on any atom is 0.240 e.